The molecule has 0 radical (unpaired) electrons. The number of halogens is 2. The van der Waals surface area contributed by atoms with Crippen LogP contribution in [0.25, 0.3) is 10.9 Å². The Morgan fingerprint density at radius 1 is 0.956 bits per heavy atom. The third-order valence-electron chi connectivity index (χ3n) is 7.84. The van der Waals surface area contributed by atoms with Gasteiger partial charge in [0, 0.05) is 38.7 Å². The summed E-state index contributed by atoms with van der Waals surface area (Å²) in [6.45, 7) is 4.07. The number of esters is 3. The third-order valence-corrected chi connectivity index (χ3v) is 8.70. The molecule has 1 unspecified atom stereocenters. The summed E-state index contributed by atoms with van der Waals surface area (Å²) in [6.07, 6.45) is -3.12. The smallest absolute Gasteiger partial charge is 0.410 e. The fourth-order valence-electron chi connectivity index (χ4n) is 6.03. The first-order chi connectivity index (χ1) is 21.5. The highest BCUT2D eigenvalue weighted by atomic mass is 79.9. The highest BCUT2D eigenvalue weighted by Crippen LogP contribution is 2.41. The van der Waals surface area contributed by atoms with Crippen LogP contribution in [0.4, 0.5) is 9.18 Å². The molecule has 5 atom stereocenters. The largest absolute Gasteiger partial charge is 0.456 e. The number of aromatic nitrogens is 1. The van der Waals surface area contributed by atoms with Gasteiger partial charge in [-0.05, 0) is 64.5 Å². The zero-order chi connectivity index (χ0) is 32.2. The Bertz CT molecular complexity index is 1580. The Morgan fingerprint density at radius 3 is 2.33 bits per heavy atom. The van der Waals surface area contributed by atoms with Crippen LogP contribution < -0.4 is 0 Å². The maximum atomic E-state index is 14.7. The van der Waals surface area contributed by atoms with Gasteiger partial charge in [0.2, 0.25) is 0 Å². The molecule has 1 amide bonds. The zero-order valence-corrected chi connectivity index (χ0v) is 26.7. The first-order valence-corrected chi connectivity index (χ1v) is 15.4. The number of carbonyl (C=O) groups is 4. The van der Waals surface area contributed by atoms with E-state index in [4.69, 9.17) is 23.7 Å². The van der Waals surface area contributed by atoms with Gasteiger partial charge in [-0.2, -0.15) is 0 Å². The second-order valence-corrected chi connectivity index (χ2v) is 11.8. The van der Waals surface area contributed by atoms with E-state index in [1.54, 1.807) is 15.5 Å². The van der Waals surface area contributed by atoms with E-state index in [-0.39, 0.29) is 19.3 Å². The molecule has 45 heavy (non-hydrogen) atoms. The number of ether oxygens (including phenoxy) is 5. The van der Waals surface area contributed by atoms with Crippen LogP contribution in [0.2, 0.25) is 0 Å². The van der Waals surface area contributed by atoms with Crippen LogP contribution >= 0.6 is 15.9 Å². The van der Waals surface area contributed by atoms with Crippen molar-refractivity contribution in [1.29, 1.82) is 0 Å². The molecule has 2 fully saturated rings. The molecule has 5 rings (SSSR count). The average molecular weight is 690 g/mol. The lowest BCUT2D eigenvalue weighted by atomic mass is 10.0. The van der Waals surface area contributed by atoms with Crippen LogP contribution in [0, 0.1) is 5.82 Å². The molecule has 0 bridgehead atoms. The number of benzene rings is 2. The topological polar surface area (TPSA) is 123 Å². The van der Waals surface area contributed by atoms with E-state index >= 15 is 0 Å². The molecule has 11 nitrogen and oxygen atoms in total. The molecular formula is C32H34BrFN2O9. The number of nitrogens with zero attached hydrogens (tertiary/aromatic N) is 2. The molecule has 2 aliphatic rings. The number of carbonyl (C=O) groups excluding carboxylic acids is 4. The first-order valence-electron chi connectivity index (χ1n) is 14.6. The van der Waals surface area contributed by atoms with Gasteiger partial charge < -0.3 is 33.2 Å². The summed E-state index contributed by atoms with van der Waals surface area (Å²) in [5.74, 6) is -2.52. The van der Waals surface area contributed by atoms with Crippen molar-refractivity contribution in [2.24, 2.45) is 0 Å². The summed E-state index contributed by atoms with van der Waals surface area (Å²) in [7, 11) is 0. The Balaban J connectivity index is 1.49. The van der Waals surface area contributed by atoms with Gasteiger partial charge in [0.05, 0.1) is 16.7 Å². The van der Waals surface area contributed by atoms with Gasteiger partial charge in [0.15, 0.2) is 24.5 Å². The molecule has 2 aromatic carbocycles. The standard InChI is InChI=1S/C32H34BrFN2O9/c1-18(37)43-27-17-41-31(29(45-20(3)39)28(27)44-19(2)38)36-26-14-22(34)11-12-24(26)25(30(36)33)15-23-10-7-13-35(23)32(40)42-16-21-8-5-4-6-9-21/h4-6,8-9,11-12,14,23,27-29,31H,7,10,13,15-17H2,1-3H3/t23?,27-,28+,29-,31-/m1/s1. The lowest BCUT2D eigenvalue weighted by Gasteiger charge is -2.41. The minimum absolute atomic E-state index is 0.152. The molecule has 0 saturated carbocycles. The Labute approximate surface area is 267 Å². The SMILES string of the molecule is CC(=O)O[C@@H]1[C@@H](OC(C)=O)[C@H](OC(C)=O)CO[C@H]1n1c(Br)c(CC2CCCN2C(=O)OCc2ccccc2)c2ccc(F)cc21. The zero-order valence-electron chi connectivity index (χ0n) is 25.1. The first kappa shape index (κ1) is 32.4. The summed E-state index contributed by atoms with van der Waals surface area (Å²) in [5.41, 5.74) is 2.07. The number of amides is 1. The minimum Gasteiger partial charge on any atom is -0.456 e. The van der Waals surface area contributed by atoms with Gasteiger partial charge in [-0.25, -0.2) is 9.18 Å². The van der Waals surface area contributed by atoms with Crippen LogP contribution in [0.5, 0.6) is 0 Å². The summed E-state index contributed by atoms with van der Waals surface area (Å²) in [6, 6.07) is 13.5. The highest BCUT2D eigenvalue weighted by Gasteiger charge is 2.48. The Kier molecular flexibility index (Phi) is 10.1. The lowest BCUT2D eigenvalue weighted by molar-refractivity contribution is -0.239. The summed E-state index contributed by atoms with van der Waals surface area (Å²) >= 11 is 3.69. The number of rotatable bonds is 8. The lowest BCUT2D eigenvalue weighted by Crippen LogP contribution is -2.55. The van der Waals surface area contributed by atoms with E-state index in [0.29, 0.717) is 28.5 Å². The number of likely N-dealkylation sites (tertiary alicyclic amines) is 1. The summed E-state index contributed by atoms with van der Waals surface area (Å²) in [5, 5.41) is 0.684. The molecule has 0 N–H and O–H groups in total. The molecule has 1 aromatic heterocycles. The second kappa shape index (κ2) is 14.0. The molecular weight excluding hydrogens is 655 g/mol. The maximum Gasteiger partial charge on any atom is 0.410 e. The van der Waals surface area contributed by atoms with E-state index in [1.807, 2.05) is 30.3 Å². The van der Waals surface area contributed by atoms with Gasteiger partial charge in [-0.15, -0.1) is 0 Å². The number of fused-ring (bicyclic) bond motifs is 1. The van der Waals surface area contributed by atoms with E-state index in [2.05, 4.69) is 15.9 Å². The van der Waals surface area contributed by atoms with Gasteiger partial charge >= 0.3 is 24.0 Å². The van der Waals surface area contributed by atoms with Crippen molar-refractivity contribution in [3.05, 3.63) is 70.1 Å². The molecule has 2 aliphatic heterocycles. The van der Waals surface area contributed by atoms with Crippen molar-refractivity contribution in [2.45, 2.75) is 77.2 Å². The van der Waals surface area contributed by atoms with Crippen LogP contribution in [-0.2, 0) is 51.1 Å². The van der Waals surface area contributed by atoms with Crippen LogP contribution in [0.1, 0.15) is 51.0 Å². The van der Waals surface area contributed by atoms with Gasteiger partial charge in [0.25, 0.3) is 0 Å². The predicted octanol–water partition coefficient (Wildman–Crippen LogP) is 5.21. The van der Waals surface area contributed by atoms with Crippen LogP contribution in [-0.4, -0.2) is 71.0 Å². The molecule has 3 heterocycles. The van der Waals surface area contributed by atoms with E-state index in [1.165, 1.54) is 32.9 Å². The van der Waals surface area contributed by atoms with Gasteiger partial charge in [0.1, 0.15) is 12.4 Å². The Hall–Kier alpha value is -3.97. The Morgan fingerprint density at radius 2 is 1.64 bits per heavy atom. The summed E-state index contributed by atoms with van der Waals surface area (Å²) in [4.78, 5) is 51.0. The molecule has 2 saturated heterocycles. The molecule has 3 aromatic rings. The normalized spacial score (nSPS) is 23.0. The van der Waals surface area contributed by atoms with Gasteiger partial charge in [-0.3, -0.25) is 14.4 Å². The molecule has 0 spiro atoms. The molecule has 0 aliphatic carbocycles. The van der Waals surface area contributed by atoms with Crippen LogP contribution in [0.3, 0.4) is 0 Å². The van der Waals surface area contributed by atoms with Crippen molar-refractivity contribution >= 4 is 50.8 Å². The quantitative estimate of drug-likeness (QED) is 0.232. The monoisotopic (exact) mass is 688 g/mol. The van der Waals surface area contributed by atoms with Crippen molar-refractivity contribution in [3.63, 3.8) is 0 Å². The van der Waals surface area contributed by atoms with Crippen molar-refractivity contribution in [3.8, 4) is 0 Å². The number of hydrogen-bond donors (Lipinski definition) is 0. The fourth-order valence-corrected chi connectivity index (χ4v) is 6.80. The second-order valence-electron chi connectivity index (χ2n) is 11.1. The number of hydrogen-bond acceptors (Lipinski definition) is 9. The fraction of sp³-hybridized carbons (Fsp3) is 0.438. The van der Waals surface area contributed by atoms with Crippen molar-refractivity contribution < 1.29 is 47.3 Å². The van der Waals surface area contributed by atoms with Crippen LogP contribution in [0.15, 0.2) is 53.1 Å². The van der Waals surface area contributed by atoms with Crippen molar-refractivity contribution in [2.75, 3.05) is 13.2 Å². The van der Waals surface area contributed by atoms with Crippen molar-refractivity contribution in [1.82, 2.24) is 9.47 Å². The molecule has 240 valence electrons. The summed E-state index contributed by atoms with van der Waals surface area (Å²) < 4.78 is 45.1. The minimum atomic E-state index is -1.26. The maximum absolute atomic E-state index is 14.7. The molecule has 13 heteroatoms. The highest BCUT2D eigenvalue weighted by molar-refractivity contribution is 9.10. The third kappa shape index (κ3) is 7.30. The van der Waals surface area contributed by atoms with E-state index < -0.39 is 54.4 Å². The van der Waals surface area contributed by atoms with E-state index in [9.17, 15) is 23.6 Å². The van der Waals surface area contributed by atoms with Gasteiger partial charge in [-0.1, -0.05) is 30.3 Å². The predicted molar refractivity (Wildman–Crippen MR) is 161 cm³/mol. The van der Waals surface area contributed by atoms with E-state index in [0.717, 1.165) is 24.0 Å². The average Bonchev–Trinajstić information content (AvgIpc) is 3.55.